The molecule has 1 aliphatic rings. The number of nitrogens with one attached hydrogen (secondary N) is 1. The van der Waals surface area contributed by atoms with Gasteiger partial charge < -0.3 is 15.8 Å². The first-order valence-corrected chi connectivity index (χ1v) is 12.0. The van der Waals surface area contributed by atoms with Crippen LogP contribution in [-0.4, -0.2) is 40.1 Å². The number of anilines is 1. The topological polar surface area (TPSA) is 103 Å². The molecule has 0 saturated carbocycles. The molecule has 0 aliphatic carbocycles. The van der Waals surface area contributed by atoms with Gasteiger partial charge in [-0.15, -0.1) is 0 Å². The van der Waals surface area contributed by atoms with Crippen molar-refractivity contribution in [3.05, 3.63) is 72.1 Å². The van der Waals surface area contributed by atoms with Crippen molar-refractivity contribution in [2.24, 2.45) is 0 Å². The molecule has 5 rings (SSSR count). The SMILES string of the molecule is Cc1cccc(-c2sc(N)nc2-c2ccnc(-c3ccc(C(=O)NC4CCOCC4)cc3)c2)n1. The minimum absolute atomic E-state index is 0.0617. The van der Waals surface area contributed by atoms with Crippen molar-refractivity contribution in [2.45, 2.75) is 25.8 Å². The number of amides is 1. The Bertz CT molecular complexity index is 1310. The molecule has 3 N–H and O–H groups in total. The molecule has 1 saturated heterocycles. The summed E-state index contributed by atoms with van der Waals surface area (Å²) in [5, 5.41) is 3.59. The molecule has 0 spiro atoms. The van der Waals surface area contributed by atoms with Gasteiger partial charge >= 0.3 is 0 Å². The number of aryl methyl sites for hydroxylation is 1. The second-order valence-electron chi connectivity index (χ2n) is 8.26. The van der Waals surface area contributed by atoms with Gasteiger partial charge in [0.25, 0.3) is 5.91 Å². The molecule has 0 bridgehead atoms. The zero-order chi connectivity index (χ0) is 23.5. The second-order valence-corrected chi connectivity index (χ2v) is 9.29. The van der Waals surface area contributed by atoms with Crippen LogP contribution in [0.25, 0.3) is 33.1 Å². The number of aromatic nitrogens is 3. The van der Waals surface area contributed by atoms with Gasteiger partial charge in [0.1, 0.15) is 0 Å². The normalized spacial score (nSPS) is 14.1. The number of thiazole rings is 1. The van der Waals surface area contributed by atoms with Gasteiger partial charge in [0.05, 0.1) is 22.0 Å². The second kappa shape index (κ2) is 9.70. The average molecular weight is 472 g/mol. The predicted octanol–water partition coefficient (Wildman–Crippen LogP) is 4.73. The van der Waals surface area contributed by atoms with Crippen molar-refractivity contribution in [3.63, 3.8) is 0 Å². The fourth-order valence-electron chi connectivity index (χ4n) is 4.01. The van der Waals surface area contributed by atoms with Crippen LogP contribution in [0, 0.1) is 6.92 Å². The maximum Gasteiger partial charge on any atom is 0.251 e. The highest BCUT2D eigenvalue weighted by Gasteiger charge is 2.18. The number of pyridine rings is 2. The molecule has 172 valence electrons. The highest BCUT2D eigenvalue weighted by molar-refractivity contribution is 7.19. The van der Waals surface area contributed by atoms with Crippen LogP contribution in [-0.2, 0) is 4.74 Å². The predicted molar refractivity (Wildman–Crippen MR) is 134 cm³/mol. The fraction of sp³-hybridized carbons (Fsp3) is 0.231. The summed E-state index contributed by atoms with van der Waals surface area (Å²) in [7, 11) is 0. The molecule has 0 unspecified atom stereocenters. The number of carbonyl (C=O) groups excluding carboxylic acids is 1. The van der Waals surface area contributed by atoms with Crippen LogP contribution in [0.4, 0.5) is 5.13 Å². The molecule has 4 aromatic rings. The van der Waals surface area contributed by atoms with E-state index >= 15 is 0 Å². The quantitative estimate of drug-likeness (QED) is 0.436. The summed E-state index contributed by atoms with van der Waals surface area (Å²) in [6.45, 7) is 3.35. The molecule has 1 aliphatic heterocycles. The van der Waals surface area contributed by atoms with Crippen molar-refractivity contribution >= 4 is 22.4 Å². The third-order valence-corrected chi connectivity index (χ3v) is 6.70. The van der Waals surface area contributed by atoms with E-state index in [1.165, 1.54) is 11.3 Å². The molecule has 8 heteroatoms. The molecule has 0 radical (unpaired) electrons. The van der Waals surface area contributed by atoms with Gasteiger partial charge in [-0.3, -0.25) is 14.8 Å². The molecule has 0 atom stereocenters. The van der Waals surface area contributed by atoms with Crippen molar-refractivity contribution in [3.8, 4) is 33.1 Å². The van der Waals surface area contributed by atoms with Crippen LogP contribution in [0.5, 0.6) is 0 Å². The van der Waals surface area contributed by atoms with Crippen molar-refractivity contribution < 1.29 is 9.53 Å². The summed E-state index contributed by atoms with van der Waals surface area (Å²) in [4.78, 5) is 27.3. The Morgan fingerprint density at radius 2 is 1.82 bits per heavy atom. The smallest absolute Gasteiger partial charge is 0.251 e. The van der Waals surface area contributed by atoms with Gasteiger partial charge in [-0.2, -0.15) is 0 Å². The summed E-state index contributed by atoms with van der Waals surface area (Å²) >= 11 is 1.42. The molecular formula is C26H25N5O2S. The first-order chi connectivity index (χ1) is 16.6. The summed E-state index contributed by atoms with van der Waals surface area (Å²) in [5.41, 5.74) is 11.9. The van der Waals surface area contributed by atoms with E-state index < -0.39 is 0 Å². The number of benzene rings is 1. The third kappa shape index (κ3) is 4.83. The summed E-state index contributed by atoms with van der Waals surface area (Å²) in [6.07, 6.45) is 3.46. The van der Waals surface area contributed by atoms with Crippen LogP contribution < -0.4 is 11.1 Å². The lowest BCUT2D eigenvalue weighted by atomic mass is 10.0. The van der Waals surface area contributed by atoms with E-state index in [0.717, 1.165) is 51.6 Å². The molecule has 4 heterocycles. The highest BCUT2D eigenvalue weighted by atomic mass is 32.1. The third-order valence-electron chi connectivity index (χ3n) is 5.80. The Labute approximate surface area is 202 Å². The lowest BCUT2D eigenvalue weighted by molar-refractivity contribution is 0.0696. The Morgan fingerprint density at radius 3 is 2.59 bits per heavy atom. The minimum atomic E-state index is -0.0617. The van der Waals surface area contributed by atoms with E-state index in [0.29, 0.717) is 23.9 Å². The van der Waals surface area contributed by atoms with Gasteiger partial charge in [0.2, 0.25) is 0 Å². The highest BCUT2D eigenvalue weighted by Crippen LogP contribution is 2.38. The number of carbonyl (C=O) groups is 1. The van der Waals surface area contributed by atoms with Gasteiger partial charge in [0, 0.05) is 47.8 Å². The number of nitrogen functional groups attached to an aromatic ring is 1. The van der Waals surface area contributed by atoms with Gasteiger partial charge in [-0.25, -0.2) is 4.98 Å². The molecule has 1 amide bonds. The fourth-order valence-corrected chi connectivity index (χ4v) is 4.84. The Kier molecular flexibility index (Phi) is 6.33. The first-order valence-electron chi connectivity index (χ1n) is 11.2. The standard InChI is InChI=1S/C26H25N5O2S/c1-16-3-2-4-21(29-16)24-23(31-26(27)34-24)19-9-12-28-22(15-19)17-5-7-18(8-6-17)25(32)30-20-10-13-33-14-11-20/h2-9,12,15,20H,10-11,13-14H2,1H3,(H2,27,31)(H,30,32). The lowest BCUT2D eigenvalue weighted by Crippen LogP contribution is -2.38. The number of nitrogens with zero attached hydrogens (tertiary/aromatic N) is 3. The molecule has 3 aromatic heterocycles. The maximum absolute atomic E-state index is 12.6. The number of nitrogens with two attached hydrogens (primary N) is 1. The van der Waals surface area contributed by atoms with E-state index in [9.17, 15) is 4.79 Å². The number of hydrogen-bond acceptors (Lipinski definition) is 7. The Hall–Kier alpha value is -3.62. The zero-order valence-electron chi connectivity index (χ0n) is 18.8. The minimum Gasteiger partial charge on any atom is -0.381 e. The average Bonchev–Trinajstić information content (AvgIpc) is 3.26. The van der Waals surface area contributed by atoms with Gasteiger partial charge in [-0.05, 0) is 56.2 Å². The summed E-state index contributed by atoms with van der Waals surface area (Å²) in [6, 6.07) is 17.5. The van der Waals surface area contributed by atoms with E-state index in [4.69, 9.17) is 10.5 Å². The van der Waals surface area contributed by atoms with E-state index in [2.05, 4.69) is 20.3 Å². The molecule has 1 aromatic carbocycles. The van der Waals surface area contributed by atoms with E-state index in [-0.39, 0.29) is 11.9 Å². The lowest BCUT2D eigenvalue weighted by Gasteiger charge is -2.23. The maximum atomic E-state index is 12.6. The largest absolute Gasteiger partial charge is 0.381 e. The Balaban J connectivity index is 1.39. The first kappa shape index (κ1) is 22.2. The van der Waals surface area contributed by atoms with E-state index in [1.54, 1.807) is 6.20 Å². The zero-order valence-corrected chi connectivity index (χ0v) is 19.6. The van der Waals surface area contributed by atoms with Crippen LogP contribution >= 0.6 is 11.3 Å². The van der Waals surface area contributed by atoms with Gasteiger partial charge in [0.15, 0.2) is 5.13 Å². The van der Waals surface area contributed by atoms with Crippen LogP contribution in [0.2, 0.25) is 0 Å². The summed E-state index contributed by atoms with van der Waals surface area (Å²) in [5.74, 6) is -0.0617. The molecule has 34 heavy (non-hydrogen) atoms. The number of rotatable bonds is 5. The van der Waals surface area contributed by atoms with Gasteiger partial charge in [-0.1, -0.05) is 29.5 Å². The van der Waals surface area contributed by atoms with Crippen LogP contribution in [0.15, 0.2) is 60.8 Å². The molecule has 1 fully saturated rings. The van der Waals surface area contributed by atoms with Crippen molar-refractivity contribution in [1.82, 2.24) is 20.3 Å². The molecule has 7 nitrogen and oxygen atoms in total. The Morgan fingerprint density at radius 1 is 1.03 bits per heavy atom. The van der Waals surface area contributed by atoms with Crippen molar-refractivity contribution in [1.29, 1.82) is 0 Å². The van der Waals surface area contributed by atoms with Crippen LogP contribution in [0.3, 0.4) is 0 Å². The van der Waals surface area contributed by atoms with E-state index in [1.807, 2.05) is 61.5 Å². The molecular weight excluding hydrogens is 446 g/mol. The monoisotopic (exact) mass is 471 g/mol. The van der Waals surface area contributed by atoms with Crippen molar-refractivity contribution in [2.75, 3.05) is 18.9 Å². The number of hydrogen-bond donors (Lipinski definition) is 2. The van der Waals surface area contributed by atoms with Crippen LogP contribution in [0.1, 0.15) is 28.9 Å². The number of ether oxygens (including phenoxy) is 1. The summed E-state index contributed by atoms with van der Waals surface area (Å²) < 4.78 is 5.36.